The van der Waals surface area contributed by atoms with Crippen LogP contribution in [0, 0.1) is 13.8 Å². The predicted molar refractivity (Wildman–Crippen MR) is 90.3 cm³/mol. The minimum Gasteiger partial charge on any atom is -0.391 e. The number of nitrogens with zero attached hydrogens (tertiary/aromatic N) is 1. The van der Waals surface area contributed by atoms with Crippen molar-refractivity contribution in [3.8, 4) is 0 Å². The van der Waals surface area contributed by atoms with Gasteiger partial charge in [0.15, 0.2) is 0 Å². The van der Waals surface area contributed by atoms with E-state index < -0.39 is 18.2 Å². The second kappa shape index (κ2) is 6.53. The van der Waals surface area contributed by atoms with Gasteiger partial charge in [0.05, 0.1) is 6.10 Å². The second-order valence-corrected chi connectivity index (χ2v) is 6.98. The Morgan fingerprint density at radius 2 is 2.12 bits per heavy atom. The first-order valence-corrected chi connectivity index (χ1v) is 8.45. The van der Waals surface area contributed by atoms with E-state index in [0.29, 0.717) is 19.5 Å². The van der Waals surface area contributed by atoms with Gasteiger partial charge in [-0.05, 0) is 38.3 Å². The summed E-state index contributed by atoms with van der Waals surface area (Å²) in [6, 6.07) is 5.18. The average molecular weight is 331 g/mol. The number of carbonyl (C=O) groups excluding carboxylic acids is 2. The molecule has 3 N–H and O–H groups in total. The topological polar surface area (TPSA) is 81.7 Å². The largest absolute Gasteiger partial charge is 0.391 e. The third-order valence-electron chi connectivity index (χ3n) is 5.02. The molecule has 0 saturated carbocycles. The van der Waals surface area contributed by atoms with Crippen molar-refractivity contribution in [2.45, 2.75) is 58.0 Å². The number of hydrogen-bond acceptors (Lipinski definition) is 4. The number of amides is 2. The SMILES string of the molecule is Cc1ccc(C)c(CN[C@H]2C[C@H]3C(=O)N[C@@H]([C@@H](C)O)C(=O)N3C2)c1. The monoisotopic (exact) mass is 331 g/mol. The fourth-order valence-corrected chi connectivity index (χ4v) is 3.54. The molecule has 1 aromatic rings. The normalized spacial score (nSPS) is 27.8. The molecule has 130 valence electrons. The van der Waals surface area contributed by atoms with E-state index in [1.165, 1.54) is 23.6 Å². The molecule has 2 saturated heterocycles. The molecule has 24 heavy (non-hydrogen) atoms. The highest BCUT2D eigenvalue weighted by Crippen LogP contribution is 2.24. The Kier molecular flexibility index (Phi) is 4.60. The maximum atomic E-state index is 12.4. The van der Waals surface area contributed by atoms with Crippen molar-refractivity contribution in [1.29, 1.82) is 0 Å². The van der Waals surface area contributed by atoms with Crippen molar-refractivity contribution in [2.24, 2.45) is 0 Å². The molecule has 4 atom stereocenters. The molecule has 0 spiro atoms. The molecule has 0 bridgehead atoms. The van der Waals surface area contributed by atoms with Crippen molar-refractivity contribution in [3.63, 3.8) is 0 Å². The van der Waals surface area contributed by atoms with Crippen LogP contribution in [0.3, 0.4) is 0 Å². The van der Waals surface area contributed by atoms with Gasteiger partial charge in [-0.3, -0.25) is 9.59 Å². The van der Waals surface area contributed by atoms with Gasteiger partial charge in [0.2, 0.25) is 11.8 Å². The van der Waals surface area contributed by atoms with Crippen molar-refractivity contribution in [2.75, 3.05) is 6.54 Å². The van der Waals surface area contributed by atoms with Crippen LogP contribution in [-0.4, -0.2) is 52.6 Å². The van der Waals surface area contributed by atoms with E-state index in [2.05, 4.69) is 42.7 Å². The highest BCUT2D eigenvalue weighted by Gasteiger charge is 2.47. The molecule has 2 aliphatic rings. The van der Waals surface area contributed by atoms with Crippen LogP contribution in [0.1, 0.15) is 30.0 Å². The number of aliphatic hydroxyl groups is 1. The quantitative estimate of drug-likeness (QED) is 0.738. The first-order chi connectivity index (χ1) is 11.4. The van der Waals surface area contributed by atoms with Crippen molar-refractivity contribution in [3.05, 3.63) is 34.9 Å². The standard InChI is InChI=1S/C18H25N3O3/c1-10-4-5-11(2)13(6-10)8-19-14-7-15-17(23)20-16(12(3)22)18(24)21(15)9-14/h4-6,12,14-16,19,22H,7-9H2,1-3H3,(H,20,23)/t12-,14+,15+,16+/m1/s1. The van der Waals surface area contributed by atoms with Crippen molar-refractivity contribution >= 4 is 11.8 Å². The minimum atomic E-state index is -0.885. The molecule has 0 radical (unpaired) electrons. The van der Waals surface area contributed by atoms with Gasteiger partial charge >= 0.3 is 0 Å². The summed E-state index contributed by atoms with van der Waals surface area (Å²) in [6.07, 6.45) is -0.279. The Balaban J connectivity index is 1.65. The molecule has 1 aromatic carbocycles. The fourth-order valence-electron chi connectivity index (χ4n) is 3.54. The zero-order chi connectivity index (χ0) is 17.4. The molecule has 2 amide bonds. The molecule has 6 heteroatoms. The van der Waals surface area contributed by atoms with Gasteiger partial charge in [0, 0.05) is 19.1 Å². The number of rotatable bonds is 4. The lowest BCUT2D eigenvalue weighted by molar-refractivity contribution is -0.149. The fraction of sp³-hybridized carbons (Fsp3) is 0.556. The van der Waals surface area contributed by atoms with Crippen molar-refractivity contribution < 1.29 is 14.7 Å². The van der Waals surface area contributed by atoms with Crippen LogP contribution in [0.5, 0.6) is 0 Å². The Morgan fingerprint density at radius 3 is 2.83 bits per heavy atom. The van der Waals surface area contributed by atoms with Gasteiger partial charge in [-0.15, -0.1) is 0 Å². The van der Waals surface area contributed by atoms with E-state index in [1.807, 2.05) is 0 Å². The average Bonchev–Trinajstić information content (AvgIpc) is 2.96. The van der Waals surface area contributed by atoms with E-state index in [0.717, 1.165) is 0 Å². The lowest BCUT2D eigenvalue weighted by Crippen LogP contribution is -2.64. The molecule has 6 nitrogen and oxygen atoms in total. The second-order valence-electron chi connectivity index (χ2n) is 6.98. The van der Waals surface area contributed by atoms with Gasteiger partial charge in [-0.2, -0.15) is 0 Å². The number of carbonyl (C=O) groups is 2. The smallest absolute Gasteiger partial charge is 0.248 e. The molecular formula is C18H25N3O3. The first kappa shape index (κ1) is 16.9. The number of aryl methyl sites for hydroxylation is 2. The zero-order valence-corrected chi connectivity index (χ0v) is 14.4. The first-order valence-electron chi connectivity index (χ1n) is 8.45. The van der Waals surface area contributed by atoms with Crippen LogP contribution in [0.15, 0.2) is 18.2 Å². The molecule has 0 aromatic heterocycles. The minimum absolute atomic E-state index is 0.0809. The third-order valence-corrected chi connectivity index (χ3v) is 5.02. The van der Waals surface area contributed by atoms with E-state index >= 15 is 0 Å². The van der Waals surface area contributed by atoms with E-state index in [9.17, 15) is 14.7 Å². The summed E-state index contributed by atoms with van der Waals surface area (Å²) in [5.74, 6) is -0.359. The van der Waals surface area contributed by atoms with Gasteiger partial charge < -0.3 is 20.6 Å². The van der Waals surface area contributed by atoms with Crippen LogP contribution in [0.2, 0.25) is 0 Å². The maximum absolute atomic E-state index is 12.4. The number of nitrogens with one attached hydrogen (secondary N) is 2. The van der Waals surface area contributed by atoms with Gasteiger partial charge in [-0.1, -0.05) is 23.8 Å². The molecule has 3 rings (SSSR count). The van der Waals surface area contributed by atoms with Crippen LogP contribution in [0.25, 0.3) is 0 Å². The molecular weight excluding hydrogens is 306 g/mol. The molecule has 0 aliphatic carbocycles. The van der Waals surface area contributed by atoms with Crippen LogP contribution >= 0.6 is 0 Å². The Hall–Kier alpha value is -1.92. The number of hydrogen-bond donors (Lipinski definition) is 3. The van der Waals surface area contributed by atoms with E-state index in [-0.39, 0.29) is 17.9 Å². The summed E-state index contributed by atoms with van der Waals surface area (Å²) in [4.78, 5) is 26.3. The lowest BCUT2D eigenvalue weighted by atomic mass is 10.0. The highest BCUT2D eigenvalue weighted by atomic mass is 16.3. The summed E-state index contributed by atoms with van der Waals surface area (Å²) >= 11 is 0. The summed E-state index contributed by atoms with van der Waals surface area (Å²) in [5, 5.41) is 15.8. The van der Waals surface area contributed by atoms with Crippen molar-refractivity contribution in [1.82, 2.24) is 15.5 Å². The van der Waals surface area contributed by atoms with Gasteiger partial charge in [0.25, 0.3) is 0 Å². The van der Waals surface area contributed by atoms with Crippen LogP contribution in [0.4, 0.5) is 0 Å². The van der Waals surface area contributed by atoms with Gasteiger partial charge in [-0.25, -0.2) is 0 Å². The third kappa shape index (κ3) is 3.16. The van der Waals surface area contributed by atoms with Crippen LogP contribution < -0.4 is 10.6 Å². The van der Waals surface area contributed by atoms with E-state index in [4.69, 9.17) is 0 Å². The zero-order valence-electron chi connectivity index (χ0n) is 14.4. The molecule has 0 unspecified atom stereocenters. The molecule has 2 aliphatic heterocycles. The predicted octanol–water partition coefficient (Wildman–Crippen LogP) is 0.242. The van der Waals surface area contributed by atoms with E-state index in [1.54, 1.807) is 4.90 Å². The number of piperazine rings is 1. The lowest BCUT2D eigenvalue weighted by Gasteiger charge is -2.35. The molecule has 2 fully saturated rings. The summed E-state index contributed by atoms with van der Waals surface area (Å²) in [7, 11) is 0. The number of benzene rings is 1. The summed E-state index contributed by atoms with van der Waals surface area (Å²) < 4.78 is 0. The van der Waals surface area contributed by atoms with Crippen LogP contribution in [-0.2, 0) is 16.1 Å². The highest BCUT2D eigenvalue weighted by molar-refractivity contribution is 5.97. The van der Waals surface area contributed by atoms with Gasteiger partial charge in [0.1, 0.15) is 12.1 Å². The molecule has 2 heterocycles. The summed E-state index contributed by atoms with van der Waals surface area (Å²) in [6.45, 7) is 6.89. The Bertz CT molecular complexity index is 659. The number of aliphatic hydroxyl groups excluding tert-OH is 1. The Labute approximate surface area is 142 Å². The summed E-state index contributed by atoms with van der Waals surface area (Å²) in [5.41, 5.74) is 3.68. The maximum Gasteiger partial charge on any atom is 0.248 e. The Morgan fingerprint density at radius 1 is 1.38 bits per heavy atom. The number of fused-ring (bicyclic) bond motifs is 1.